The van der Waals surface area contributed by atoms with Gasteiger partial charge in [0.15, 0.2) is 11.5 Å². The number of hydrogen-bond donors (Lipinski definition) is 1. The molecule has 3 rings (SSSR count). The largest absolute Gasteiger partial charge is 0.486 e. The second-order valence-corrected chi connectivity index (χ2v) is 6.10. The summed E-state index contributed by atoms with van der Waals surface area (Å²) < 4.78 is 37.6. The Labute approximate surface area is 121 Å². The number of benzene rings is 1. The van der Waals surface area contributed by atoms with Gasteiger partial charge in [0.25, 0.3) is 0 Å². The van der Waals surface area contributed by atoms with Crippen LogP contribution in [-0.4, -0.2) is 43.2 Å². The Morgan fingerprint density at radius 3 is 2.62 bits per heavy atom. The number of ether oxygens (including phenoxy) is 2. The highest BCUT2D eigenvalue weighted by molar-refractivity contribution is 7.89. The molecular formula is C12H14N4O4S. The van der Waals surface area contributed by atoms with Gasteiger partial charge in [-0.15, -0.1) is 0 Å². The Kier molecular flexibility index (Phi) is 3.76. The minimum absolute atomic E-state index is 0.139. The van der Waals surface area contributed by atoms with Gasteiger partial charge in [0.05, 0.1) is 23.8 Å². The Balaban J connectivity index is 1.69. The van der Waals surface area contributed by atoms with Crippen LogP contribution in [0.5, 0.6) is 11.5 Å². The zero-order valence-electron chi connectivity index (χ0n) is 11.1. The van der Waals surface area contributed by atoms with E-state index in [1.807, 2.05) is 0 Å². The summed E-state index contributed by atoms with van der Waals surface area (Å²) >= 11 is 0. The van der Waals surface area contributed by atoms with E-state index in [9.17, 15) is 8.42 Å². The molecule has 1 aliphatic heterocycles. The number of fused-ring (bicyclic) bond motifs is 1. The molecule has 112 valence electrons. The second kappa shape index (κ2) is 5.70. The van der Waals surface area contributed by atoms with Crippen LogP contribution >= 0.6 is 0 Å². The summed E-state index contributed by atoms with van der Waals surface area (Å²) in [6, 6.07) is 4.54. The van der Waals surface area contributed by atoms with E-state index in [0.717, 1.165) is 0 Å². The van der Waals surface area contributed by atoms with Gasteiger partial charge in [-0.3, -0.25) is 0 Å². The molecule has 1 aliphatic rings. The summed E-state index contributed by atoms with van der Waals surface area (Å²) in [5, 5.41) is 7.80. The van der Waals surface area contributed by atoms with E-state index < -0.39 is 10.0 Å². The quantitative estimate of drug-likeness (QED) is 0.837. The predicted octanol–water partition coefficient (Wildman–Crippen LogP) is 0.0278. The summed E-state index contributed by atoms with van der Waals surface area (Å²) in [7, 11) is -3.60. The molecule has 0 saturated carbocycles. The topological polar surface area (TPSA) is 95.3 Å². The lowest BCUT2D eigenvalue weighted by molar-refractivity contribution is 0.171. The molecule has 0 spiro atoms. The van der Waals surface area contributed by atoms with Crippen LogP contribution < -0.4 is 14.2 Å². The normalized spacial score (nSPS) is 14.1. The van der Waals surface area contributed by atoms with Crippen molar-refractivity contribution in [3.05, 3.63) is 30.6 Å². The molecule has 8 nitrogen and oxygen atoms in total. The van der Waals surface area contributed by atoms with Crippen LogP contribution in [0.25, 0.3) is 0 Å². The molecule has 0 fully saturated rings. The van der Waals surface area contributed by atoms with E-state index in [2.05, 4.69) is 14.9 Å². The lowest BCUT2D eigenvalue weighted by atomic mass is 10.3. The Morgan fingerprint density at radius 1 is 1.14 bits per heavy atom. The van der Waals surface area contributed by atoms with Crippen molar-refractivity contribution in [2.24, 2.45) is 0 Å². The maximum absolute atomic E-state index is 12.2. The molecule has 0 atom stereocenters. The zero-order chi connectivity index (χ0) is 14.7. The van der Waals surface area contributed by atoms with Gasteiger partial charge in [-0.2, -0.15) is 15.0 Å². The number of rotatable bonds is 5. The summed E-state index contributed by atoms with van der Waals surface area (Å²) in [5.41, 5.74) is 0. The summed E-state index contributed by atoms with van der Waals surface area (Å²) in [4.78, 5) is 1.55. The van der Waals surface area contributed by atoms with Crippen LogP contribution in [0.15, 0.2) is 35.5 Å². The van der Waals surface area contributed by atoms with Crippen LogP contribution in [0.2, 0.25) is 0 Å². The first-order valence-corrected chi connectivity index (χ1v) is 7.87. The van der Waals surface area contributed by atoms with Crippen molar-refractivity contribution in [2.75, 3.05) is 19.8 Å². The molecule has 0 saturated heterocycles. The van der Waals surface area contributed by atoms with E-state index in [-0.39, 0.29) is 11.4 Å². The van der Waals surface area contributed by atoms with E-state index in [1.165, 1.54) is 29.3 Å². The third-order valence-electron chi connectivity index (χ3n) is 2.89. The molecule has 2 aromatic rings. The highest BCUT2D eigenvalue weighted by Crippen LogP contribution is 2.32. The molecule has 1 aromatic heterocycles. The van der Waals surface area contributed by atoms with Crippen molar-refractivity contribution in [1.82, 2.24) is 19.7 Å². The monoisotopic (exact) mass is 310 g/mol. The van der Waals surface area contributed by atoms with Gasteiger partial charge in [0.1, 0.15) is 13.2 Å². The minimum atomic E-state index is -3.60. The zero-order valence-corrected chi connectivity index (χ0v) is 11.9. The number of aromatic nitrogens is 3. The first-order valence-electron chi connectivity index (χ1n) is 6.38. The van der Waals surface area contributed by atoms with Crippen molar-refractivity contribution in [2.45, 2.75) is 11.4 Å². The maximum atomic E-state index is 12.2. The van der Waals surface area contributed by atoms with E-state index in [0.29, 0.717) is 31.3 Å². The number of sulfonamides is 1. The van der Waals surface area contributed by atoms with Crippen molar-refractivity contribution in [3.8, 4) is 11.5 Å². The standard InChI is InChI=1S/C12H14N4O4S/c17-21(18,15-5-6-16-13-3-4-14-16)10-1-2-11-12(9-10)20-8-7-19-11/h1-4,9,15H,5-8H2. The SMILES string of the molecule is O=S(=O)(NCCn1nccn1)c1ccc2c(c1)OCCO2. The summed E-state index contributed by atoms with van der Waals surface area (Å²) in [6.45, 7) is 1.44. The highest BCUT2D eigenvalue weighted by Gasteiger charge is 2.18. The average Bonchev–Trinajstić information content (AvgIpc) is 3.00. The molecular weight excluding hydrogens is 296 g/mol. The molecule has 1 aromatic carbocycles. The molecule has 2 heterocycles. The Morgan fingerprint density at radius 2 is 1.86 bits per heavy atom. The molecule has 9 heteroatoms. The van der Waals surface area contributed by atoms with Crippen LogP contribution in [0.3, 0.4) is 0 Å². The Bertz CT molecular complexity index is 715. The molecule has 1 N–H and O–H groups in total. The van der Waals surface area contributed by atoms with Gasteiger partial charge >= 0.3 is 0 Å². The molecule has 0 amide bonds. The molecule has 0 bridgehead atoms. The van der Waals surface area contributed by atoms with Crippen molar-refractivity contribution in [1.29, 1.82) is 0 Å². The van der Waals surface area contributed by atoms with Gasteiger partial charge in [-0.1, -0.05) is 0 Å². The Hall–Kier alpha value is -2.13. The smallest absolute Gasteiger partial charge is 0.240 e. The van der Waals surface area contributed by atoms with Gasteiger partial charge in [0.2, 0.25) is 10.0 Å². The number of nitrogens with one attached hydrogen (secondary N) is 1. The summed E-state index contributed by atoms with van der Waals surface area (Å²) in [5.74, 6) is 0.999. The number of nitrogens with zero attached hydrogens (tertiary/aromatic N) is 3. The van der Waals surface area contributed by atoms with Gasteiger partial charge in [0, 0.05) is 12.6 Å². The molecule has 0 unspecified atom stereocenters. The third kappa shape index (κ3) is 3.14. The van der Waals surface area contributed by atoms with Crippen molar-refractivity contribution >= 4 is 10.0 Å². The van der Waals surface area contributed by atoms with Crippen LogP contribution in [0.1, 0.15) is 0 Å². The molecule has 21 heavy (non-hydrogen) atoms. The second-order valence-electron chi connectivity index (χ2n) is 4.33. The fourth-order valence-electron chi connectivity index (χ4n) is 1.91. The van der Waals surface area contributed by atoms with Crippen molar-refractivity contribution in [3.63, 3.8) is 0 Å². The third-order valence-corrected chi connectivity index (χ3v) is 4.35. The maximum Gasteiger partial charge on any atom is 0.240 e. The first kappa shape index (κ1) is 13.8. The van der Waals surface area contributed by atoms with Crippen molar-refractivity contribution < 1.29 is 17.9 Å². The fraction of sp³-hybridized carbons (Fsp3) is 0.333. The lowest BCUT2D eigenvalue weighted by Gasteiger charge is -2.18. The van der Waals surface area contributed by atoms with Gasteiger partial charge in [-0.05, 0) is 12.1 Å². The van der Waals surface area contributed by atoms with Gasteiger partial charge in [-0.25, -0.2) is 13.1 Å². The fourth-order valence-corrected chi connectivity index (χ4v) is 2.95. The predicted molar refractivity (Wildman–Crippen MR) is 72.6 cm³/mol. The lowest BCUT2D eigenvalue weighted by Crippen LogP contribution is -2.28. The minimum Gasteiger partial charge on any atom is -0.486 e. The highest BCUT2D eigenvalue weighted by atomic mass is 32.2. The molecule has 0 aliphatic carbocycles. The van der Waals surface area contributed by atoms with Crippen LogP contribution in [0, 0.1) is 0 Å². The van der Waals surface area contributed by atoms with E-state index in [4.69, 9.17) is 9.47 Å². The van der Waals surface area contributed by atoms with E-state index >= 15 is 0 Å². The first-order chi connectivity index (χ1) is 10.1. The van der Waals surface area contributed by atoms with Gasteiger partial charge < -0.3 is 9.47 Å². The van der Waals surface area contributed by atoms with Crippen LogP contribution in [-0.2, 0) is 16.6 Å². The van der Waals surface area contributed by atoms with Crippen LogP contribution in [0.4, 0.5) is 0 Å². The van der Waals surface area contributed by atoms with E-state index in [1.54, 1.807) is 6.07 Å². The number of hydrogen-bond acceptors (Lipinski definition) is 6. The molecule has 0 radical (unpaired) electrons. The average molecular weight is 310 g/mol. The summed E-state index contributed by atoms with van der Waals surface area (Å²) in [6.07, 6.45) is 3.07.